The van der Waals surface area contributed by atoms with Crippen LogP contribution >= 0.6 is 0 Å². The van der Waals surface area contributed by atoms with Gasteiger partial charge in [0, 0.05) is 0 Å². The summed E-state index contributed by atoms with van der Waals surface area (Å²) < 4.78 is 22.4. The summed E-state index contributed by atoms with van der Waals surface area (Å²) in [4.78, 5) is 13.7. The zero-order chi connectivity index (χ0) is 19.3. The number of carbonyl (C=O) groups is 1. The van der Waals surface area contributed by atoms with Gasteiger partial charge in [0.2, 0.25) is 0 Å². The minimum absolute atomic E-state index is 0.217. The third-order valence-corrected chi connectivity index (χ3v) is 8.53. The summed E-state index contributed by atoms with van der Waals surface area (Å²) in [6.07, 6.45) is 0. The van der Waals surface area contributed by atoms with Crippen LogP contribution < -0.4 is 25.3 Å². The summed E-state index contributed by atoms with van der Waals surface area (Å²) in [7, 11) is 1.75. The van der Waals surface area contributed by atoms with E-state index in [4.69, 9.17) is 4.74 Å². The van der Waals surface area contributed by atoms with Crippen molar-refractivity contribution < 1.29 is 13.9 Å². The van der Waals surface area contributed by atoms with Gasteiger partial charge in [0.15, 0.2) is 0 Å². The number of benzene rings is 2. The van der Waals surface area contributed by atoms with E-state index in [-0.39, 0.29) is 11.8 Å². The van der Waals surface area contributed by atoms with Gasteiger partial charge in [-0.3, -0.25) is 0 Å². The number of carbonyl (C=O) groups excluding carboxylic acids is 1. The Kier molecular flexibility index (Phi) is 4.29. The Morgan fingerprint density at radius 2 is 1.96 bits per heavy atom. The summed E-state index contributed by atoms with van der Waals surface area (Å²) >= 11 is -0.484. The summed E-state index contributed by atoms with van der Waals surface area (Å²) in [6.45, 7) is 2.36. The number of ether oxygens (including phenoxy) is 1. The summed E-state index contributed by atoms with van der Waals surface area (Å²) in [6, 6.07) is 10.7. The van der Waals surface area contributed by atoms with Gasteiger partial charge in [-0.05, 0) is 0 Å². The van der Waals surface area contributed by atoms with Crippen molar-refractivity contribution >= 4 is 31.8 Å². The van der Waals surface area contributed by atoms with Crippen molar-refractivity contribution in [3.63, 3.8) is 0 Å². The van der Waals surface area contributed by atoms with E-state index in [9.17, 15) is 9.18 Å². The molecule has 1 fully saturated rings. The molecule has 5 rings (SSSR count). The number of nitrogens with zero attached hydrogens (tertiary/aromatic N) is 1. The predicted molar refractivity (Wildman–Crippen MR) is 107 cm³/mol. The summed E-state index contributed by atoms with van der Waals surface area (Å²) in [5.41, 5.74) is 9.60. The van der Waals surface area contributed by atoms with E-state index in [1.165, 1.54) is 10.4 Å². The molecule has 2 aromatic rings. The average Bonchev–Trinajstić information content (AvgIpc) is 2.67. The van der Waals surface area contributed by atoms with Crippen LogP contribution in [0, 0.1) is 5.82 Å². The number of halogens is 1. The molecular weight excluding hydrogens is 422 g/mol. The van der Waals surface area contributed by atoms with E-state index in [0.717, 1.165) is 35.6 Å². The van der Waals surface area contributed by atoms with Crippen molar-refractivity contribution in [1.29, 1.82) is 0 Å². The molecule has 1 unspecified atom stereocenters. The molecule has 3 heterocycles. The summed E-state index contributed by atoms with van der Waals surface area (Å²) in [5, 5.41) is 3.32. The fraction of sp³-hybridized carbons (Fsp3) is 0.250. The SMILES string of the molecule is CN1C(=O)NNC2=C1c1cc([AsH]C3CNC3)c(-c3ccccc3F)cc1OC2. The predicted octanol–water partition coefficient (Wildman–Crippen LogP) is 1.17. The maximum atomic E-state index is 14.6. The van der Waals surface area contributed by atoms with Crippen LogP contribution in [0.4, 0.5) is 9.18 Å². The number of hydrogen-bond donors (Lipinski definition) is 3. The minimum atomic E-state index is -0.484. The number of hydrogen-bond acceptors (Lipinski definition) is 4. The molecule has 1 atom stereocenters. The Labute approximate surface area is 168 Å². The Morgan fingerprint density at radius 3 is 2.71 bits per heavy atom. The first kappa shape index (κ1) is 17.6. The maximum absolute atomic E-state index is 14.6. The van der Waals surface area contributed by atoms with Gasteiger partial charge in [-0.25, -0.2) is 0 Å². The quantitative estimate of drug-likeness (QED) is 0.625. The Hall–Kier alpha value is -2.50. The second kappa shape index (κ2) is 6.83. The van der Waals surface area contributed by atoms with Crippen LogP contribution in [-0.2, 0) is 0 Å². The Balaban J connectivity index is 1.67. The molecule has 3 aliphatic heterocycles. The van der Waals surface area contributed by atoms with Crippen LogP contribution in [-0.4, -0.2) is 53.4 Å². The number of nitrogens with one attached hydrogen (secondary N) is 3. The van der Waals surface area contributed by atoms with Crippen molar-refractivity contribution in [1.82, 2.24) is 21.1 Å². The number of fused-ring (bicyclic) bond motifs is 2. The van der Waals surface area contributed by atoms with Gasteiger partial charge in [0.1, 0.15) is 0 Å². The molecule has 0 bridgehead atoms. The van der Waals surface area contributed by atoms with Gasteiger partial charge >= 0.3 is 169 Å². The van der Waals surface area contributed by atoms with Crippen molar-refractivity contribution in [3.8, 4) is 16.9 Å². The van der Waals surface area contributed by atoms with E-state index in [0.29, 0.717) is 22.6 Å². The van der Waals surface area contributed by atoms with Crippen LogP contribution in [0.15, 0.2) is 42.1 Å². The first-order valence-corrected chi connectivity index (χ1v) is 11.4. The second-order valence-corrected chi connectivity index (χ2v) is 10.6. The molecule has 0 aromatic heterocycles. The molecular formula is C20H20AsFN4O2. The van der Waals surface area contributed by atoms with Crippen molar-refractivity contribution in [2.45, 2.75) is 4.71 Å². The molecule has 6 nitrogen and oxygen atoms in total. The standard InChI is InChI=1S/C20H20AsFN4O2/c1-26-19-14-6-15(21-11-8-23-9-11)13(12-4-2-3-5-16(12)22)7-18(14)28-10-17(19)24-25-20(26)27/h2-7,11,21,23-24H,8-10H2,1H3,(H,25,27). The van der Waals surface area contributed by atoms with E-state index in [2.05, 4.69) is 22.2 Å². The molecule has 0 radical (unpaired) electrons. The third-order valence-electron chi connectivity index (χ3n) is 5.30. The Morgan fingerprint density at radius 1 is 1.14 bits per heavy atom. The average molecular weight is 442 g/mol. The Bertz CT molecular complexity index is 1010. The number of rotatable bonds is 3. The molecule has 3 aliphatic rings. The molecule has 0 spiro atoms. The molecule has 8 heteroatoms. The molecule has 2 aromatic carbocycles. The molecule has 1 saturated heterocycles. The van der Waals surface area contributed by atoms with Crippen molar-refractivity contribution in [2.24, 2.45) is 0 Å². The first-order chi connectivity index (χ1) is 13.6. The van der Waals surface area contributed by atoms with Gasteiger partial charge in [-0.2, -0.15) is 0 Å². The third kappa shape index (κ3) is 2.86. The molecule has 144 valence electrons. The number of urea groups is 1. The summed E-state index contributed by atoms with van der Waals surface area (Å²) in [5.74, 6) is 0.455. The number of amides is 2. The van der Waals surface area contributed by atoms with Gasteiger partial charge in [0.25, 0.3) is 0 Å². The van der Waals surface area contributed by atoms with Crippen LogP contribution in [0.25, 0.3) is 16.8 Å². The van der Waals surface area contributed by atoms with Crippen LogP contribution in [0.3, 0.4) is 0 Å². The molecule has 0 saturated carbocycles. The van der Waals surface area contributed by atoms with Crippen LogP contribution in [0.1, 0.15) is 5.56 Å². The van der Waals surface area contributed by atoms with Gasteiger partial charge in [0.05, 0.1) is 0 Å². The molecule has 28 heavy (non-hydrogen) atoms. The van der Waals surface area contributed by atoms with Crippen molar-refractivity contribution in [2.75, 3.05) is 26.7 Å². The van der Waals surface area contributed by atoms with Gasteiger partial charge < -0.3 is 0 Å². The van der Waals surface area contributed by atoms with Gasteiger partial charge in [-0.1, -0.05) is 0 Å². The van der Waals surface area contributed by atoms with E-state index >= 15 is 0 Å². The fourth-order valence-electron chi connectivity index (χ4n) is 3.69. The normalized spacial score (nSPS) is 18.9. The topological polar surface area (TPSA) is 65.6 Å². The molecule has 0 aliphatic carbocycles. The van der Waals surface area contributed by atoms with Crippen molar-refractivity contribution in [3.05, 3.63) is 53.5 Å². The fourth-order valence-corrected chi connectivity index (χ4v) is 6.88. The van der Waals surface area contributed by atoms with Gasteiger partial charge in [-0.15, -0.1) is 0 Å². The number of hydrazine groups is 1. The van der Waals surface area contributed by atoms with Crippen LogP contribution in [0.2, 0.25) is 4.71 Å². The first-order valence-electron chi connectivity index (χ1n) is 9.18. The van der Waals surface area contributed by atoms with E-state index in [1.807, 2.05) is 18.2 Å². The monoisotopic (exact) mass is 442 g/mol. The van der Waals surface area contributed by atoms with Crippen LogP contribution in [0.5, 0.6) is 5.75 Å². The second-order valence-electron chi connectivity index (χ2n) is 7.10. The van der Waals surface area contributed by atoms with E-state index in [1.54, 1.807) is 18.0 Å². The zero-order valence-corrected chi connectivity index (χ0v) is 17.4. The molecule has 2 amide bonds. The zero-order valence-electron chi connectivity index (χ0n) is 15.3. The molecule has 3 N–H and O–H groups in total. The van der Waals surface area contributed by atoms with E-state index < -0.39 is 15.8 Å².